The van der Waals surface area contributed by atoms with Crippen LogP contribution >= 0.6 is 0 Å². The highest BCUT2D eigenvalue weighted by Crippen LogP contribution is 2.26. The van der Waals surface area contributed by atoms with Crippen molar-refractivity contribution in [2.75, 3.05) is 5.43 Å². The molecule has 0 unspecified atom stereocenters. The number of rotatable bonds is 4. The summed E-state index contributed by atoms with van der Waals surface area (Å²) in [7, 11) is 0. The van der Waals surface area contributed by atoms with Gasteiger partial charge in [-0.25, -0.2) is 22.0 Å². The molecule has 120 valence electrons. The van der Waals surface area contributed by atoms with Crippen molar-refractivity contribution >= 4 is 17.7 Å². The van der Waals surface area contributed by atoms with Gasteiger partial charge in [-0.1, -0.05) is 30.3 Å². The third-order valence-electron chi connectivity index (χ3n) is 2.75. The molecule has 0 heterocycles. The van der Waals surface area contributed by atoms with Gasteiger partial charge in [0.05, 0.1) is 0 Å². The van der Waals surface area contributed by atoms with Crippen LogP contribution in [0.25, 0.3) is 6.08 Å². The number of hydrogen-bond acceptors (Lipinski definition) is 2. The molecule has 0 fully saturated rings. The molecule has 1 amide bonds. The third-order valence-corrected chi connectivity index (χ3v) is 2.75. The molecule has 3 nitrogen and oxygen atoms in total. The maximum atomic E-state index is 13.4. The van der Waals surface area contributed by atoms with E-state index in [9.17, 15) is 26.7 Å². The average molecular weight is 328 g/mol. The van der Waals surface area contributed by atoms with Crippen molar-refractivity contribution in [2.24, 2.45) is 0 Å². The molecule has 2 aromatic rings. The molecule has 0 spiro atoms. The zero-order chi connectivity index (χ0) is 17.0. The van der Waals surface area contributed by atoms with Gasteiger partial charge in [0, 0.05) is 6.08 Å². The second-order valence-corrected chi connectivity index (χ2v) is 4.30. The Balaban J connectivity index is 2.09. The van der Waals surface area contributed by atoms with E-state index >= 15 is 0 Å². The molecule has 2 N–H and O–H groups in total. The summed E-state index contributed by atoms with van der Waals surface area (Å²) in [4.78, 5) is 11.5. The van der Waals surface area contributed by atoms with Crippen molar-refractivity contribution in [1.82, 2.24) is 5.43 Å². The van der Waals surface area contributed by atoms with Crippen molar-refractivity contribution in [3.8, 4) is 0 Å². The summed E-state index contributed by atoms with van der Waals surface area (Å²) in [6.45, 7) is 0. The molecule has 0 atom stereocenters. The number of hydrogen-bond donors (Lipinski definition) is 2. The zero-order valence-corrected chi connectivity index (χ0v) is 11.3. The highest BCUT2D eigenvalue weighted by Gasteiger charge is 2.25. The molecule has 0 aliphatic rings. The van der Waals surface area contributed by atoms with Crippen molar-refractivity contribution in [3.05, 3.63) is 71.1 Å². The van der Waals surface area contributed by atoms with Gasteiger partial charge in [0.2, 0.25) is 5.82 Å². The molecule has 2 aromatic carbocycles. The van der Waals surface area contributed by atoms with Crippen molar-refractivity contribution < 1.29 is 26.7 Å². The number of nitrogens with one attached hydrogen (secondary N) is 2. The maximum absolute atomic E-state index is 13.4. The Morgan fingerprint density at radius 2 is 1.35 bits per heavy atom. The number of anilines is 1. The minimum atomic E-state index is -2.28. The number of amides is 1. The Labute approximate surface area is 127 Å². The van der Waals surface area contributed by atoms with E-state index in [0.29, 0.717) is 5.56 Å². The second-order valence-electron chi connectivity index (χ2n) is 4.30. The fourth-order valence-electron chi connectivity index (χ4n) is 1.62. The lowest BCUT2D eigenvalue weighted by molar-refractivity contribution is -0.116. The maximum Gasteiger partial charge on any atom is 0.262 e. The minimum Gasteiger partial charge on any atom is -0.293 e. The molecule has 2 rings (SSSR count). The first kappa shape index (κ1) is 16.5. The summed E-state index contributed by atoms with van der Waals surface area (Å²) < 4.78 is 65.5. The Kier molecular flexibility index (Phi) is 4.95. The van der Waals surface area contributed by atoms with Gasteiger partial charge in [-0.3, -0.25) is 15.6 Å². The lowest BCUT2D eigenvalue weighted by atomic mass is 10.2. The normalized spacial score (nSPS) is 10.8. The SMILES string of the molecule is O=C(/C=C/c1ccccc1)NNc1c(F)c(F)c(F)c(F)c1F. The molecule has 0 bridgehead atoms. The molecule has 8 heteroatoms. The van der Waals surface area contributed by atoms with Crippen LogP contribution in [0.5, 0.6) is 0 Å². The number of halogens is 5. The van der Waals surface area contributed by atoms with Gasteiger partial charge in [0.25, 0.3) is 5.91 Å². The van der Waals surface area contributed by atoms with Crippen molar-refractivity contribution in [3.63, 3.8) is 0 Å². The van der Waals surface area contributed by atoms with E-state index in [4.69, 9.17) is 0 Å². The van der Waals surface area contributed by atoms with Gasteiger partial charge in [-0.15, -0.1) is 0 Å². The predicted octanol–water partition coefficient (Wildman–Crippen LogP) is 3.54. The zero-order valence-electron chi connectivity index (χ0n) is 11.3. The van der Waals surface area contributed by atoms with Crippen LogP contribution in [0.3, 0.4) is 0 Å². The molecular weight excluding hydrogens is 319 g/mol. The Bertz CT molecular complexity index is 733. The molecule has 0 aliphatic carbocycles. The van der Waals surface area contributed by atoms with E-state index in [-0.39, 0.29) is 0 Å². The van der Waals surface area contributed by atoms with Gasteiger partial charge in [-0.2, -0.15) is 0 Å². The minimum absolute atomic E-state index is 0.680. The first-order chi connectivity index (χ1) is 10.9. The summed E-state index contributed by atoms with van der Waals surface area (Å²) in [6, 6.07) is 8.61. The molecule has 23 heavy (non-hydrogen) atoms. The fraction of sp³-hybridized carbons (Fsp3) is 0. The molecular formula is C15H9F5N2O. The topological polar surface area (TPSA) is 41.1 Å². The Morgan fingerprint density at radius 3 is 1.91 bits per heavy atom. The van der Waals surface area contributed by atoms with Crippen LogP contribution in [0, 0.1) is 29.1 Å². The first-order valence-electron chi connectivity index (χ1n) is 6.22. The van der Waals surface area contributed by atoms with Gasteiger partial charge in [0.15, 0.2) is 23.3 Å². The fourth-order valence-corrected chi connectivity index (χ4v) is 1.62. The summed E-state index contributed by atoms with van der Waals surface area (Å²) >= 11 is 0. The summed E-state index contributed by atoms with van der Waals surface area (Å²) in [5.41, 5.74) is 2.83. The van der Waals surface area contributed by atoms with Crippen LogP contribution in [0.1, 0.15) is 5.56 Å². The summed E-state index contributed by atoms with van der Waals surface area (Å²) in [5, 5.41) is 0. The number of carbonyl (C=O) groups is 1. The lowest BCUT2D eigenvalue weighted by Gasteiger charge is -2.10. The first-order valence-corrected chi connectivity index (χ1v) is 6.22. The van der Waals surface area contributed by atoms with Gasteiger partial charge in [0.1, 0.15) is 5.69 Å². The van der Waals surface area contributed by atoms with E-state index < -0.39 is 40.7 Å². The predicted molar refractivity (Wildman–Crippen MR) is 73.5 cm³/mol. The van der Waals surface area contributed by atoms with E-state index in [1.165, 1.54) is 6.08 Å². The molecule has 0 aliphatic heterocycles. The monoisotopic (exact) mass is 328 g/mol. The van der Waals surface area contributed by atoms with Crippen molar-refractivity contribution in [2.45, 2.75) is 0 Å². The molecule has 0 saturated carbocycles. The van der Waals surface area contributed by atoms with Crippen LogP contribution in [0.4, 0.5) is 27.6 Å². The summed E-state index contributed by atoms with van der Waals surface area (Å²) in [6.07, 6.45) is 2.42. The van der Waals surface area contributed by atoms with E-state index in [1.807, 2.05) is 5.43 Å². The third kappa shape index (κ3) is 3.65. The molecule has 0 aromatic heterocycles. The van der Waals surface area contributed by atoms with E-state index in [1.54, 1.807) is 35.8 Å². The standard InChI is InChI=1S/C15H9F5N2O/c16-10-11(17)13(19)15(14(20)12(10)18)22-21-9(23)7-6-8-4-2-1-3-5-8/h1-7,22H,(H,21,23)/b7-6+. The van der Waals surface area contributed by atoms with Crippen LogP contribution in [0.15, 0.2) is 36.4 Å². The van der Waals surface area contributed by atoms with Crippen LogP contribution in [0.2, 0.25) is 0 Å². The highest BCUT2D eigenvalue weighted by molar-refractivity contribution is 5.92. The number of hydrazine groups is 1. The van der Waals surface area contributed by atoms with Crippen LogP contribution < -0.4 is 10.9 Å². The van der Waals surface area contributed by atoms with E-state index in [2.05, 4.69) is 0 Å². The molecule has 0 radical (unpaired) electrons. The highest BCUT2D eigenvalue weighted by atomic mass is 19.2. The summed E-state index contributed by atoms with van der Waals surface area (Å²) in [5.74, 6) is -11.5. The number of carbonyl (C=O) groups excluding carboxylic acids is 1. The van der Waals surface area contributed by atoms with Crippen LogP contribution in [-0.4, -0.2) is 5.91 Å². The van der Waals surface area contributed by atoms with Crippen molar-refractivity contribution in [1.29, 1.82) is 0 Å². The number of benzene rings is 2. The average Bonchev–Trinajstić information content (AvgIpc) is 2.57. The smallest absolute Gasteiger partial charge is 0.262 e. The Morgan fingerprint density at radius 1 is 0.826 bits per heavy atom. The Hall–Kier alpha value is -2.90. The largest absolute Gasteiger partial charge is 0.293 e. The second kappa shape index (κ2) is 6.91. The lowest BCUT2D eigenvalue weighted by Crippen LogP contribution is -2.29. The van der Waals surface area contributed by atoms with E-state index in [0.717, 1.165) is 6.08 Å². The molecule has 0 saturated heterocycles. The van der Waals surface area contributed by atoms with Crippen LogP contribution in [-0.2, 0) is 4.79 Å². The van der Waals surface area contributed by atoms with Gasteiger partial charge >= 0.3 is 0 Å². The van der Waals surface area contributed by atoms with Gasteiger partial charge in [-0.05, 0) is 11.6 Å². The van der Waals surface area contributed by atoms with Gasteiger partial charge < -0.3 is 0 Å². The quantitative estimate of drug-likeness (QED) is 0.296.